The highest BCUT2D eigenvalue weighted by Crippen LogP contribution is 2.34. The van der Waals surface area contributed by atoms with E-state index in [1.54, 1.807) is 0 Å². The number of hydrogen-bond acceptors (Lipinski definition) is 3. The van der Waals surface area contributed by atoms with Crippen LogP contribution in [-0.4, -0.2) is 34.0 Å². The van der Waals surface area contributed by atoms with Crippen molar-refractivity contribution >= 4 is 11.8 Å². The van der Waals surface area contributed by atoms with Crippen LogP contribution in [0.15, 0.2) is 0 Å². The van der Waals surface area contributed by atoms with Gasteiger partial charge in [0.05, 0.1) is 6.10 Å². The minimum atomic E-state index is -0.352. The van der Waals surface area contributed by atoms with Gasteiger partial charge in [0.2, 0.25) is 11.8 Å². The standard InChI is InChI=1S/C13H21NO3/c1-2-3-9-4-5-10(15)8-11(9)14-12(16)6-7-13(14)17/h9-11,15H,2-8H2,1H3. The molecule has 1 saturated carbocycles. The van der Waals surface area contributed by atoms with Crippen molar-refractivity contribution in [3.05, 3.63) is 0 Å². The fourth-order valence-electron chi connectivity index (χ4n) is 3.18. The van der Waals surface area contributed by atoms with Crippen molar-refractivity contribution in [3.63, 3.8) is 0 Å². The van der Waals surface area contributed by atoms with Crippen LogP contribution >= 0.6 is 0 Å². The predicted molar refractivity (Wildman–Crippen MR) is 63.1 cm³/mol. The van der Waals surface area contributed by atoms with E-state index in [1.807, 2.05) is 0 Å². The second kappa shape index (κ2) is 5.17. The first-order valence-electron chi connectivity index (χ1n) is 6.66. The Kier molecular flexibility index (Phi) is 3.82. The predicted octanol–water partition coefficient (Wildman–Crippen LogP) is 1.47. The van der Waals surface area contributed by atoms with Crippen molar-refractivity contribution in [2.45, 2.75) is 64.0 Å². The molecule has 0 aromatic heterocycles. The lowest BCUT2D eigenvalue weighted by Gasteiger charge is -2.38. The summed E-state index contributed by atoms with van der Waals surface area (Å²) in [7, 11) is 0. The molecule has 4 heteroatoms. The number of likely N-dealkylation sites (tertiary alicyclic amines) is 1. The molecule has 1 aliphatic carbocycles. The number of rotatable bonds is 3. The molecule has 0 bridgehead atoms. The second-order valence-corrected chi connectivity index (χ2v) is 5.24. The Hall–Kier alpha value is -0.900. The molecule has 96 valence electrons. The van der Waals surface area contributed by atoms with Crippen LogP contribution in [0.5, 0.6) is 0 Å². The van der Waals surface area contributed by atoms with Gasteiger partial charge in [0, 0.05) is 18.9 Å². The molecule has 3 unspecified atom stereocenters. The second-order valence-electron chi connectivity index (χ2n) is 5.24. The molecule has 4 nitrogen and oxygen atoms in total. The van der Waals surface area contributed by atoms with Gasteiger partial charge < -0.3 is 5.11 Å². The van der Waals surface area contributed by atoms with Gasteiger partial charge in [-0.25, -0.2) is 0 Å². The lowest BCUT2D eigenvalue weighted by molar-refractivity contribution is -0.144. The summed E-state index contributed by atoms with van der Waals surface area (Å²) in [4.78, 5) is 25.0. The highest BCUT2D eigenvalue weighted by molar-refractivity contribution is 6.02. The Morgan fingerprint density at radius 1 is 1.24 bits per heavy atom. The lowest BCUT2D eigenvalue weighted by atomic mass is 9.79. The van der Waals surface area contributed by atoms with Gasteiger partial charge in [-0.05, 0) is 31.6 Å². The summed E-state index contributed by atoms with van der Waals surface area (Å²) in [5, 5.41) is 9.75. The highest BCUT2D eigenvalue weighted by atomic mass is 16.3. The highest BCUT2D eigenvalue weighted by Gasteiger charge is 2.41. The van der Waals surface area contributed by atoms with Crippen LogP contribution in [0.1, 0.15) is 51.9 Å². The molecule has 0 radical (unpaired) electrons. The molecule has 1 saturated heterocycles. The molecule has 1 heterocycles. The summed E-state index contributed by atoms with van der Waals surface area (Å²) in [5.41, 5.74) is 0. The van der Waals surface area contributed by atoms with E-state index in [9.17, 15) is 14.7 Å². The van der Waals surface area contributed by atoms with Crippen LogP contribution < -0.4 is 0 Å². The number of hydrogen-bond donors (Lipinski definition) is 1. The Morgan fingerprint density at radius 2 is 1.88 bits per heavy atom. The van der Waals surface area contributed by atoms with Gasteiger partial charge >= 0.3 is 0 Å². The summed E-state index contributed by atoms with van der Waals surface area (Å²) < 4.78 is 0. The van der Waals surface area contributed by atoms with Crippen molar-refractivity contribution in [1.29, 1.82) is 0 Å². The van der Waals surface area contributed by atoms with E-state index in [1.165, 1.54) is 4.90 Å². The third kappa shape index (κ3) is 2.51. The summed E-state index contributed by atoms with van der Waals surface area (Å²) in [6.45, 7) is 2.12. The Morgan fingerprint density at radius 3 is 2.47 bits per heavy atom. The molecular weight excluding hydrogens is 218 g/mol. The Balaban J connectivity index is 2.13. The fourth-order valence-corrected chi connectivity index (χ4v) is 3.18. The van der Waals surface area contributed by atoms with E-state index >= 15 is 0 Å². The van der Waals surface area contributed by atoms with Crippen molar-refractivity contribution in [3.8, 4) is 0 Å². The number of aliphatic hydroxyl groups is 1. The maximum Gasteiger partial charge on any atom is 0.229 e. The topological polar surface area (TPSA) is 57.6 Å². The van der Waals surface area contributed by atoms with Crippen molar-refractivity contribution < 1.29 is 14.7 Å². The molecule has 2 fully saturated rings. The van der Waals surface area contributed by atoms with Gasteiger partial charge in [-0.3, -0.25) is 14.5 Å². The number of carbonyl (C=O) groups is 2. The molecule has 1 aliphatic heterocycles. The number of aliphatic hydroxyl groups excluding tert-OH is 1. The third-order valence-electron chi connectivity index (χ3n) is 4.01. The Bertz CT molecular complexity index is 300. The molecule has 3 atom stereocenters. The molecule has 1 N–H and O–H groups in total. The monoisotopic (exact) mass is 239 g/mol. The SMILES string of the molecule is CCCC1CCC(O)CC1N1C(=O)CCC1=O. The number of nitrogens with zero attached hydrogens (tertiary/aromatic N) is 1. The number of carbonyl (C=O) groups excluding carboxylic acids is 2. The summed E-state index contributed by atoms with van der Waals surface area (Å²) >= 11 is 0. The Labute approximate surface area is 102 Å². The molecule has 2 amide bonds. The molecule has 2 rings (SSSR count). The summed E-state index contributed by atoms with van der Waals surface area (Å²) in [6, 6.07) is -0.0544. The van der Waals surface area contributed by atoms with Crippen LogP contribution in [0.2, 0.25) is 0 Å². The zero-order valence-corrected chi connectivity index (χ0v) is 10.4. The number of imide groups is 1. The largest absolute Gasteiger partial charge is 0.393 e. The van der Waals surface area contributed by atoms with E-state index in [2.05, 4.69) is 6.92 Å². The maximum absolute atomic E-state index is 11.8. The molecule has 0 aromatic rings. The van der Waals surface area contributed by atoms with Gasteiger partial charge in [-0.15, -0.1) is 0 Å². The summed E-state index contributed by atoms with van der Waals surface area (Å²) in [6.07, 6.45) is 4.75. The van der Waals surface area contributed by atoms with Gasteiger partial charge in [0.1, 0.15) is 0 Å². The first-order valence-corrected chi connectivity index (χ1v) is 6.66. The first kappa shape index (κ1) is 12.6. The zero-order valence-electron chi connectivity index (χ0n) is 10.4. The normalized spacial score (nSPS) is 34.5. The molecular formula is C13H21NO3. The zero-order chi connectivity index (χ0) is 12.4. The average Bonchev–Trinajstić information content (AvgIpc) is 2.62. The molecule has 0 spiro atoms. The summed E-state index contributed by atoms with van der Waals surface area (Å²) in [5.74, 6) is 0.291. The van der Waals surface area contributed by atoms with E-state index in [4.69, 9.17) is 0 Å². The fraction of sp³-hybridized carbons (Fsp3) is 0.846. The van der Waals surface area contributed by atoms with E-state index in [-0.39, 0.29) is 24.0 Å². The smallest absolute Gasteiger partial charge is 0.229 e. The van der Waals surface area contributed by atoms with Gasteiger partial charge in [-0.1, -0.05) is 13.3 Å². The van der Waals surface area contributed by atoms with Crippen molar-refractivity contribution in [1.82, 2.24) is 4.90 Å². The van der Waals surface area contributed by atoms with Crippen molar-refractivity contribution in [2.75, 3.05) is 0 Å². The van der Waals surface area contributed by atoms with Gasteiger partial charge in [-0.2, -0.15) is 0 Å². The van der Waals surface area contributed by atoms with Crippen LogP contribution in [0.3, 0.4) is 0 Å². The maximum atomic E-state index is 11.8. The van der Waals surface area contributed by atoms with Crippen LogP contribution in [-0.2, 0) is 9.59 Å². The van der Waals surface area contributed by atoms with Gasteiger partial charge in [0.25, 0.3) is 0 Å². The quantitative estimate of drug-likeness (QED) is 0.759. The van der Waals surface area contributed by atoms with Gasteiger partial charge in [0.15, 0.2) is 0 Å². The van der Waals surface area contributed by atoms with Crippen molar-refractivity contribution in [2.24, 2.45) is 5.92 Å². The number of amides is 2. The average molecular weight is 239 g/mol. The van der Waals surface area contributed by atoms with Crippen LogP contribution in [0.4, 0.5) is 0 Å². The van der Waals surface area contributed by atoms with Crippen LogP contribution in [0, 0.1) is 5.92 Å². The molecule has 0 aromatic carbocycles. The van der Waals surface area contributed by atoms with E-state index < -0.39 is 0 Å². The minimum Gasteiger partial charge on any atom is -0.393 e. The lowest BCUT2D eigenvalue weighted by Crippen LogP contribution is -2.48. The van der Waals surface area contributed by atoms with E-state index in [0.717, 1.165) is 25.7 Å². The van der Waals surface area contributed by atoms with E-state index in [0.29, 0.717) is 25.2 Å². The third-order valence-corrected chi connectivity index (χ3v) is 4.01. The van der Waals surface area contributed by atoms with Crippen LogP contribution in [0.25, 0.3) is 0 Å². The molecule has 2 aliphatic rings. The first-order chi connectivity index (χ1) is 8.13. The molecule has 17 heavy (non-hydrogen) atoms. The minimum absolute atomic E-state index is 0.0461.